The fraction of sp³-hybridized carbons (Fsp3) is 0.733. The summed E-state index contributed by atoms with van der Waals surface area (Å²) in [7, 11) is -16.6. The highest BCUT2D eigenvalue weighted by molar-refractivity contribution is 7.83. The Morgan fingerprint density at radius 1 is 1.00 bits per heavy atom. The van der Waals surface area contributed by atoms with Crippen LogP contribution >= 0.6 is 15.6 Å². The monoisotopic (exact) mass is 645 g/mol. The van der Waals surface area contributed by atoms with Crippen molar-refractivity contribution in [2.75, 3.05) is 13.2 Å². The normalized spacial score (nSPS) is 36.1. The molecule has 0 aliphatic carbocycles. The van der Waals surface area contributed by atoms with Gasteiger partial charge in [0.25, 0.3) is 5.56 Å². The maximum Gasteiger partial charge on any atom is 0.483 e. The quantitative estimate of drug-likeness (QED) is 0.0792. The molecule has 0 bridgehead atoms. The molecule has 3 rings (SSSR count). The predicted molar refractivity (Wildman–Crippen MR) is 121 cm³/mol. The van der Waals surface area contributed by atoms with Gasteiger partial charge in [0, 0.05) is 12.3 Å². The summed E-state index contributed by atoms with van der Waals surface area (Å²) < 4.78 is 81.2. The van der Waals surface area contributed by atoms with E-state index in [1.807, 2.05) is 4.98 Å². The van der Waals surface area contributed by atoms with Gasteiger partial charge >= 0.3 is 31.6 Å². The Morgan fingerprint density at radius 2 is 1.62 bits per heavy atom. The van der Waals surface area contributed by atoms with Crippen LogP contribution in [-0.2, 0) is 42.3 Å². The van der Waals surface area contributed by atoms with Crippen molar-refractivity contribution in [2.24, 2.45) is 0 Å². The maximum absolute atomic E-state index is 12.4. The van der Waals surface area contributed by atoms with Gasteiger partial charge in [-0.25, -0.2) is 13.9 Å². The largest absolute Gasteiger partial charge is 0.483 e. The second-order valence-electron chi connectivity index (χ2n) is 8.31. The number of phosphoric ester groups is 2. The van der Waals surface area contributed by atoms with Crippen LogP contribution in [0.5, 0.6) is 0 Å². The number of nitrogens with one attached hydrogen (secondary N) is 2. The molecule has 0 saturated carbocycles. The topological polar surface area (TPSA) is 343 Å². The molecule has 2 saturated heterocycles. The van der Waals surface area contributed by atoms with Crippen molar-refractivity contribution < 1.29 is 80.3 Å². The van der Waals surface area contributed by atoms with Gasteiger partial charge in [-0.1, -0.05) is 0 Å². The van der Waals surface area contributed by atoms with Crippen LogP contribution in [0.15, 0.2) is 21.9 Å². The van der Waals surface area contributed by atoms with Gasteiger partial charge in [-0.05, 0) is 0 Å². The Labute approximate surface area is 222 Å². The van der Waals surface area contributed by atoms with E-state index < -0.39 is 106 Å². The van der Waals surface area contributed by atoms with Crippen LogP contribution in [0.4, 0.5) is 0 Å². The Hall–Kier alpha value is -1.47. The first-order valence-electron chi connectivity index (χ1n) is 10.7. The number of aliphatic hydroxyl groups is 5. The van der Waals surface area contributed by atoms with Crippen LogP contribution in [0.25, 0.3) is 0 Å². The molecule has 0 spiro atoms. The van der Waals surface area contributed by atoms with Gasteiger partial charge in [-0.2, -0.15) is 17.5 Å². The van der Waals surface area contributed by atoms with Crippen LogP contribution in [0.1, 0.15) is 6.23 Å². The number of aliphatic hydroxyl groups excluding tert-OH is 5. The summed E-state index contributed by atoms with van der Waals surface area (Å²) in [6.45, 7) is -2.14. The highest BCUT2D eigenvalue weighted by atomic mass is 32.2. The molecule has 25 heteroatoms. The molecule has 2 unspecified atom stereocenters. The molecule has 40 heavy (non-hydrogen) atoms. The molecule has 230 valence electrons. The molecule has 3 heterocycles. The van der Waals surface area contributed by atoms with E-state index in [9.17, 15) is 62.5 Å². The van der Waals surface area contributed by atoms with E-state index in [4.69, 9.17) is 14.0 Å². The lowest BCUT2D eigenvalue weighted by atomic mass is 9.98. The van der Waals surface area contributed by atoms with E-state index in [-0.39, 0.29) is 0 Å². The third-order valence-corrected chi connectivity index (χ3v) is 8.64. The number of ether oxygens (including phenoxy) is 2. The fourth-order valence-corrected chi connectivity index (χ4v) is 6.42. The van der Waals surface area contributed by atoms with Crippen LogP contribution in [-0.4, -0.2) is 120 Å². The van der Waals surface area contributed by atoms with Crippen molar-refractivity contribution in [3.63, 3.8) is 0 Å². The van der Waals surface area contributed by atoms with Crippen LogP contribution in [0, 0.1) is 0 Å². The van der Waals surface area contributed by atoms with Gasteiger partial charge in [0.2, 0.25) is 0 Å². The summed E-state index contributed by atoms with van der Waals surface area (Å²) in [5, 5.41) is 49.5. The molecule has 10 N–H and O–H groups in total. The average Bonchev–Trinajstić information content (AvgIpc) is 3.09. The minimum atomic E-state index is -5.81. The predicted octanol–water partition coefficient (Wildman–Crippen LogP) is -5.39. The third kappa shape index (κ3) is 8.08. The lowest BCUT2D eigenvalue weighted by Crippen LogP contribution is -2.64. The standard InChI is InChI=1S/C15H25N3O19P2S/c19-3-5-9(21)11(23)8(17-40(30,31)32)14(35-5)36-39(28,29)37-38(26,27)33-4-6-10(22)12(24)13(34-6)18-2-1-7(20)16-15(18)25/h1-2,5-6,8-14,17,19,21-24H,3-4H2,(H,26,27)(H,28,29)(H,16,20,25)(H,30,31,32)/t5-,6-,8-,9-,10-,11-,12-,13-,14-/m1/s1. The number of hydrogen-bond donors (Lipinski definition) is 10. The number of hydrogen-bond acceptors (Lipinski definition) is 16. The summed E-state index contributed by atoms with van der Waals surface area (Å²) in [5.74, 6) is 0. The molecule has 2 aliphatic rings. The maximum atomic E-state index is 12.4. The summed E-state index contributed by atoms with van der Waals surface area (Å²) in [6, 6.07) is -1.32. The number of aromatic nitrogens is 2. The minimum Gasteiger partial charge on any atom is -0.394 e. The molecular formula is C15H25N3O19P2S. The van der Waals surface area contributed by atoms with Gasteiger partial charge in [-0.15, -0.1) is 0 Å². The first-order valence-corrected chi connectivity index (χ1v) is 15.2. The van der Waals surface area contributed by atoms with Gasteiger partial charge in [0.05, 0.1) is 13.2 Å². The Kier molecular flexibility index (Phi) is 10.2. The van der Waals surface area contributed by atoms with Gasteiger partial charge < -0.3 is 44.8 Å². The Bertz CT molecular complexity index is 1370. The Balaban J connectivity index is 1.68. The fourth-order valence-electron chi connectivity index (χ4n) is 3.67. The summed E-state index contributed by atoms with van der Waals surface area (Å²) >= 11 is 0. The first kappa shape index (κ1) is 33.0. The van der Waals surface area contributed by atoms with Crippen molar-refractivity contribution in [3.8, 4) is 0 Å². The minimum absolute atomic E-state index is 0.687. The zero-order valence-electron chi connectivity index (χ0n) is 19.6. The van der Waals surface area contributed by atoms with Gasteiger partial charge in [0.15, 0.2) is 12.5 Å². The van der Waals surface area contributed by atoms with E-state index in [1.54, 1.807) is 0 Å². The molecule has 1 aromatic heterocycles. The van der Waals surface area contributed by atoms with Crippen LogP contribution in [0.2, 0.25) is 0 Å². The molecule has 0 radical (unpaired) electrons. The van der Waals surface area contributed by atoms with Crippen molar-refractivity contribution in [2.45, 2.75) is 55.2 Å². The summed E-state index contributed by atoms with van der Waals surface area (Å²) in [4.78, 5) is 44.8. The van der Waals surface area contributed by atoms with Crippen molar-refractivity contribution in [1.29, 1.82) is 0 Å². The molecule has 1 aromatic rings. The third-order valence-electron chi connectivity index (χ3n) is 5.47. The van der Waals surface area contributed by atoms with E-state index in [1.165, 1.54) is 4.72 Å². The first-order chi connectivity index (χ1) is 18.3. The number of phosphoric acid groups is 2. The zero-order valence-corrected chi connectivity index (χ0v) is 22.2. The van der Waals surface area contributed by atoms with E-state index in [0.717, 1.165) is 12.3 Å². The lowest BCUT2D eigenvalue weighted by Gasteiger charge is -2.41. The molecule has 0 amide bonds. The average molecular weight is 645 g/mol. The smallest absolute Gasteiger partial charge is 0.394 e. The summed E-state index contributed by atoms with van der Waals surface area (Å²) in [6.07, 6.45) is -14.4. The summed E-state index contributed by atoms with van der Waals surface area (Å²) in [5.41, 5.74) is -1.81. The van der Waals surface area contributed by atoms with E-state index in [0.29, 0.717) is 4.57 Å². The van der Waals surface area contributed by atoms with Gasteiger partial charge in [-0.3, -0.25) is 27.9 Å². The van der Waals surface area contributed by atoms with Crippen molar-refractivity contribution in [3.05, 3.63) is 33.1 Å². The second kappa shape index (κ2) is 12.4. The number of rotatable bonds is 11. The second-order valence-corrected chi connectivity index (χ2v) is 12.5. The molecule has 0 aromatic carbocycles. The molecule has 2 fully saturated rings. The van der Waals surface area contributed by atoms with Crippen molar-refractivity contribution in [1.82, 2.24) is 14.3 Å². The van der Waals surface area contributed by atoms with Crippen LogP contribution in [0.3, 0.4) is 0 Å². The molecule has 22 nitrogen and oxygen atoms in total. The number of aromatic amines is 1. The highest BCUT2D eigenvalue weighted by Gasteiger charge is 2.51. The SMILES string of the molecule is O=c1ccn([C@@H]2O[C@H](COP(=O)(O)OP(=O)(O)O[C@H]3O[C@H](CO)[C@@H](O)[C@H](O)[C@H]3NS(=O)(=O)O)[C@@H](O)[C@H]2O)c(=O)[nH]1. The number of nitrogens with zero attached hydrogens (tertiary/aromatic N) is 1. The van der Waals surface area contributed by atoms with Gasteiger partial charge in [0.1, 0.15) is 42.7 Å². The molecular weight excluding hydrogens is 620 g/mol. The molecule has 2 aliphatic heterocycles. The highest BCUT2D eigenvalue weighted by Crippen LogP contribution is 2.61. The van der Waals surface area contributed by atoms with Crippen molar-refractivity contribution >= 4 is 25.9 Å². The van der Waals surface area contributed by atoms with E-state index >= 15 is 0 Å². The zero-order chi connectivity index (χ0) is 30.2. The lowest BCUT2D eigenvalue weighted by molar-refractivity contribution is -0.245. The van der Waals surface area contributed by atoms with E-state index in [2.05, 4.69) is 13.4 Å². The molecule has 11 atom stereocenters. The number of H-pyrrole nitrogens is 1. The van der Waals surface area contributed by atoms with Crippen LogP contribution < -0.4 is 16.0 Å². The Morgan fingerprint density at radius 3 is 2.20 bits per heavy atom.